The highest BCUT2D eigenvalue weighted by Crippen LogP contribution is 2.25. The van der Waals surface area contributed by atoms with Gasteiger partial charge in [0, 0.05) is 29.7 Å². The molecule has 1 heterocycles. The van der Waals surface area contributed by atoms with Crippen LogP contribution in [0.5, 0.6) is 0 Å². The molecule has 2 aromatic carbocycles. The average molecular weight is 337 g/mol. The smallest absolute Gasteiger partial charge is 0.149 e. The molecule has 0 saturated heterocycles. The maximum Gasteiger partial charge on any atom is 0.149 e. The molecule has 0 aliphatic rings. The molecule has 0 bridgehead atoms. The Hall–Kier alpha value is -1.88. The van der Waals surface area contributed by atoms with Gasteiger partial charge < -0.3 is 10.3 Å². The second kappa shape index (κ2) is 5.25. The lowest BCUT2D eigenvalue weighted by atomic mass is 10.1. The maximum absolute atomic E-state index is 13.7. The lowest BCUT2D eigenvalue weighted by molar-refractivity contribution is 0.580. The summed E-state index contributed by atoms with van der Waals surface area (Å²) in [7, 11) is 0. The fourth-order valence-electron chi connectivity index (χ4n) is 2.15. The van der Waals surface area contributed by atoms with Crippen LogP contribution >= 0.6 is 15.9 Å². The number of hydrogen-bond donors (Lipinski definition) is 2. The average Bonchev–Trinajstić information content (AvgIpc) is 2.90. The molecule has 1 aromatic heterocycles. The third-order valence-corrected chi connectivity index (χ3v) is 3.77. The Morgan fingerprint density at radius 3 is 2.80 bits per heavy atom. The molecule has 3 rings (SSSR count). The standard InChI is InChI=1S/C15H11BrF2N2/c16-11-6-15(13(18)7-12(11)17)20-8-9-2-1-3-14-10(9)4-5-19-14/h1-7,19-20H,8H2. The lowest BCUT2D eigenvalue weighted by Gasteiger charge is -2.09. The molecule has 0 aliphatic carbocycles. The van der Waals surface area contributed by atoms with Crippen LogP contribution in [0.1, 0.15) is 5.56 Å². The zero-order valence-corrected chi connectivity index (χ0v) is 12.0. The van der Waals surface area contributed by atoms with Crippen molar-refractivity contribution in [2.45, 2.75) is 6.54 Å². The first-order chi connectivity index (χ1) is 9.65. The molecule has 102 valence electrons. The minimum Gasteiger partial charge on any atom is -0.379 e. The molecule has 3 aromatic rings. The topological polar surface area (TPSA) is 27.8 Å². The summed E-state index contributed by atoms with van der Waals surface area (Å²) in [5.74, 6) is -1.22. The minimum atomic E-state index is -0.610. The lowest BCUT2D eigenvalue weighted by Crippen LogP contribution is -2.02. The van der Waals surface area contributed by atoms with Crippen molar-refractivity contribution >= 4 is 32.5 Å². The van der Waals surface area contributed by atoms with E-state index in [1.54, 1.807) is 0 Å². The predicted molar refractivity (Wildman–Crippen MR) is 79.7 cm³/mol. The van der Waals surface area contributed by atoms with E-state index in [-0.39, 0.29) is 10.2 Å². The van der Waals surface area contributed by atoms with Crippen LogP contribution in [0.25, 0.3) is 10.9 Å². The van der Waals surface area contributed by atoms with Gasteiger partial charge in [-0.2, -0.15) is 0 Å². The third kappa shape index (κ3) is 2.41. The van der Waals surface area contributed by atoms with Crippen molar-refractivity contribution in [3.8, 4) is 0 Å². The van der Waals surface area contributed by atoms with Crippen LogP contribution in [0, 0.1) is 11.6 Å². The van der Waals surface area contributed by atoms with Crippen molar-refractivity contribution in [1.82, 2.24) is 4.98 Å². The number of nitrogens with one attached hydrogen (secondary N) is 2. The Bertz CT molecular complexity index is 768. The Labute approximate surface area is 122 Å². The Kier molecular flexibility index (Phi) is 3.44. The summed E-state index contributed by atoms with van der Waals surface area (Å²) in [6, 6.07) is 10.1. The second-order valence-electron chi connectivity index (χ2n) is 4.46. The van der Waals surface area contributed by atoms with Crippen LogP contribution in [0.15, 0.2) is 47.1 Å². The van der Waals surface area contributed by atoms with Crippen molar-refractivity contribution in [2.24, 2.45) is 0 Å². The van der Waals surface area contributed by atoms with Gasteiger partial charge in [0.15, 0.2) is 0 Å². The normalized spacial score (nSPS) is 10.9. The Morgan fingerprint density at radius 1 is 1.10 bits per heavy atom. The molecule has 0 radical (unpaired) electrons. The van der Waals surface area contributed by atoms with Crippen molar-refractivity contribution in [3.63, 3.8) is 0 Å². The highest BCUT2D eigenvalue weighted by molar-refractivity contribution is 9.10. The fourth-order valence-corrected chi connectivity index (χ4v) is 2.50. The summed E-state index contributed by atoms with van der Waals surface area (Å²) in [5, 5.41) is 4.08. The SMILES string of the molecule is Fc1cc(F)c(NCc2cccc3[nH]ccc23)cc1Br. The molecule has 0 aliphatic heterocycles. The number of benzene rings is 2. The summed E-state index contributed by atoms with van der Waals surface area (Å²) in [5.41, 5.74) is 2.35. The highest BCUT2D eigenvalue weighted by Gasteiger charge is 2.08. The third-order valence-electron chi connectivity index (χ3n) is 3.16. The van der Waals surface area contributed by atoms with Crippen LogP contribution in [-0.2, 0) is 6.54 Å². The van der Waals surface area contributed by atoms with E-state index in [9.17, 15) is 8.78 Å². The highest BCUT2D eigenvalue weighted by atomic mass is 79.9. The summed E-state index contributed by atoms with van der Waals surface area (Å²) in [6.45, 7) is 0.462. The monoisotopic (exact) mass is 336 g/mol. The molecule has 0 spiro atoms. The molecule has 20 heavy (non-hydrogen) atoms. The summed E-state index contributed by atoms with van der Waals surface area (Å²) in [6.07, 6.45) is 1.86. The minimum absolute atomic E-state index is 0.237. The summed E-state index contributed by atoms with van der Waals surface area (Å²) >= 11 is 3.05. The molecule has 0 saturated carbocycles. The number of rotatable bonds is 3. The second-order valence-corrected chi connectivity index (χ2v) is 5.31. The number of aromatic amines is 1. The molecule has 2 nitrogen and oxygen atoms in total. The van der Waals surface area contributed by atoms with Crippen molar-refractivity contribution < 1.29 is 8.78 Å². The van der Waals surface area contributed by atoms with Gasteiger partial charge in [-0.15, -0.1) is 0 Å². The van der Waals surface area contributed by atoms with Crippen LogP contribution in [0.2, 0.25) is 0 Å². The molecule has 2 N–H and O–H groups in total. The number of H-pyrrole nitrogens is 1. The van der Waals surface area contributed by atoms with Gasteiger partial charge in [-0.25, -0.2) is 8.78 Å². The van der Waals surface area contributed by atoms with Crippen LogP contribution in [-0.4, -0.2) is 4.98 Å². The molecular formula is C15H11BrF2N2. The zero-order chi connectivity index (χ0) is 14.1. The molecule has 5 heteroatoms. The maximum atomic E-state index is 13.7. The van der Waals surface area contributed by atoms with E-state index in [0.717, 1.165) is 22.5 Å². The molecule has 0 unspecified atom stereocenters. The first kappa shape index (κ1) is 13.1. The van der Waals surface area contributed by atoms with Crippen LogP contribution in [0.4, 0.5) is 14.5 Å². The van der Waals surface area contributed by atoms with Crippen molar-refractivity contribution in [2.75, 3.05) is 5.32 Å². The van der Waals surface area contributed by atoms with E-state index in [2.05, 4.69) is 26.2 Å². The molecular weight excluding hydrogens is 326 g/mol. The molecule has 0 atom stereocenters. The van der Waals surface area contributed by atoms with Crippen molar-refractivity contribution in [1.29, 1.82) is 0 Å². The van der Waals surface area contributed by atoms with Gasteiger partial charge in [0.1, 0.15) is 11.6 Å². The van der Waals surface area contributed by atoms with E-state index in [4.69, 9.17) is 0 Å². The zero-order valence-electron chi connectivity index (χ0n) is 10.4. The largest absolute Gasteiger partial charge is 0.379 e. The van der Waals surface area contributed by atoms with Crippen molar-refractivity contribution in [3.05, 3.63) is 64.3 Å². The summed E-state index contributed by atoms with van der Waals surface area (Å²) in [4.78, 5) is 3.13. The number of hydrogen-bond acceptors (Lipinski definition) is 1. The molecule has 0 fully saturated rings. The van der Waals surface area contributed by atoms with E-state index >= 15 is 0 Å². The van der Waals surface area contributed by atoms with Gasteiger partial charge >= 0.3 is 0 Å². The van der Waals surface area contributed by atoms with Crippen LogP contribution < -0.4 is 5.32 Å². The number of fused-ring (bicyclic) bond motifs is 1. The van der Waals surface area contributed by atoms with E-state index < -0.39 is 11.6 Å². The number of anilines is 1. The van der Waals surface area contributed by atoms with E-state index in [1.165, 1.54) is 6.07 Å². The number of aromatic nitrogens is 1. The quantitative estimate of drug-likeness (QED) is 0.659. The Balaban J connectivity index is 1.86. The van der Waals surface area contributed by atoms with Gasteiger partial charge in [-0.3, -0.25) is 0 Å². The van der Waals surface area contributed by atoms with Gasteiger partial charge in [-0.1, -0.05) is 12.1 Å². The van der Waals surface area contributed by atoms with Gasteiger partial charge in [0.2, 0.25) is 0 Å². The van der Waals surface area contributed by atoms with E-state index in [1.807, 2.05) is 30.5 Å². The van der Waals surface area contributed by atoms with Gasteiger partial charge in [-0.05, 0) is 39.7 Å². The predicted octanol–water partition coefficient (Wildman–Crippen LogP) is 4.82. The summed E-state index contributed by atoms with van der Waals surface area (Å²) < 4.78 is 27.1. The van der Waals surface area contributed by atoms with Gasteiger partial charge in [0.25, 0.3) is 0 Å². The Morgan fingerprint density at radius 2 is 1.95 bits per heavy atom. The first-order valence-electron chi connectivity index (χ1n) is 6.08. The molecule has 0 amide bonds. The van der Waals surface area contributed by atoms with Gasteiger partial charge in [0.05, 0.1) is 10.2 Å². The van der Waals surface area contributed by atoms with E-state index in [0.29, 0.717) is 6.54 Å². The fraction of sp³-hybridized carbons (Fsp3) is 0.0667. The van der Waals surface area contributed by atoms with Crippen LogP contribution in [0.3, 0.4) is 0 Å². The number of halogens is 3. The first-order valence-corrected chi connectivity index (χ1v) is 6.88.